The molecule has 4 nitrogen and oxygen atoms in total. The van der Waals surface area contributed by atoms with Gasteiger partial charge in [0.25, 0.3) is 3.12 Å². The molecule has 0 aromatic heterocycles. The average Bonchev–Trinajstić information content (AvgIpc) is 2.32. The SMILES string of the molecule is COP1(=O)OC(C)(C)C(Br)=C1S(=O)C(Cl)(Cl)Cl. The van der Waals surface area contributed by atoms with Crippen molar-refractivity contribution in [2.24, 2.45) is 0 Å². The smallest absolute Gasteiger partial charge is 0.308 e. The van der Waals surface area contributed by atoms with Crippen LogP contribution in [0.4, 0.5) is 0 Å². The third kappa shape index (κ3) is 3.11. The van der Waals surface area contributed by atoms with E-state index in [1.54, 1.807) is 13.8 Å². The predicted molar refractivity (Wildman–Crippen MR) is 74.2 cm³/mol. The van der Waals surface area contributed by atoms with E-state index < -0.39 is 27.1 Å². The molecule has 2 atom stereocenters. The Labute approximate surface area is 125 Å². The van der Waals surface area contributed by atoms with Crippen LogP contribution in [0.1, 0.15) is 13.8 Å². The van der Waals surface area contributed by atoms with Gasteiger partial charge in [-0.3, -0.25) is 9.09 Å². The van der Waals surface area contributed by atoms with Crippen LogP contribution in [-0.2, 0) is 24.4 Å². The highest BCUT2D eigenvalue weighted by Gasteiger charge is 2.54. The average molecular weight is 406 g/mol. The largest absolute Gasteiger partial charge is 0.371 e. The number of halogens is 4. The molecule has 0 aromatic carbocycles. The molecule has 0 radical (unpaired) electrons. The van der Waals surface area contributed by atoms with E-state index in [1.807, 2.05) is 0 Å². The summed E-state index contributed by atoms with van der Waals surface area (Å²) in [6.07, 6.45) is 0. The van der Waals surface area contributed by atoms with E-state index in [1.165, 1.54) is 7.11 Å². The van der Waals surface area contributed by atoms with Crippen molar-refractivity contribution in [3.8, 4) is 0 Å². The van der Waals surface area contributed by atoms with E-state index in [2.05, 4.69) is 15.9 Å². The number of hydrogen-bond acceptors (Lipinski definition) is 4. The Morgan fingerprint density at radius 3 is 2.29 bits per heavy atom. The van der Waals surface area contributed by atoms with Crippen molar-refractivity contribution in [3.05, 3.63) is 9.13 Å². The Bertz CT molecular complexity index is 445. The lowest BCUT2D eigenvalue weighted by Gasteiger charge is -2.19. The molecule has 0 N–H and O–H groups in total. The first-order valence-corrected chi connectivity index (χ1v) is 8.83. The Morgan fingerprint density at radius 2 is 1.94 bits per heavy atom. The van der Waals surface area contributed by atoms with Crippen LogP contribution in [0.5, 0.6) is 0 Å². The fourth-order valence-corrected chi connectivity index (χ4v) is 7.36. The van der Waals surface area contributed by atoms with Crippen molar-refractivity contribution >= 4 is 69.1 Å². The maximum atomic E-state index is 12.3. The molecule has 0 fully saturated rings. The van der Waals surface area contributed by atoms with Crippen LogP contribution in [0, 0.1) is 0 Å². The summed E-state index contributed by atoms with van der Waals surface area (Å²) >= 11 is 19.8. The van der Waals surface area contributed by atoms with Gasteiger partial charge in [-0.15, -0.1) is 0 Å². The quantitative estimate of drug-likeness (QED) is 0.508. The van der Waals surface area contributed by atoms with Crippen LogP contribution in [0.15, 0.2) is 9.13 Å². The second-order valence-electron chi connectivity index (χ2n) is 3.62. The highest BCUT2D eigenvalue weighted by atomic mass is 79.9. The highest BCUT2D eigenvalue weighted by Crippen LogP contribution is 2.69. The number of hydrogen-bond donors (Lipinski definition) is 0. The fraction of sp³-hybridized carbons (Fsp3) is 0.714. The van der Waals surface area contributed by atoms with E-state index in [0.717, 1.165) is 0 Å². The van der Waals surface area contributed by atoms with Crippen molar-refractivity contribution in [2.45, 2.75) is 22.6 Å². The first-order valence-electron chi connectivity index (χ1n) is 4.21. The zero-order chi connectivity index (χ0) is 13.6. The lowest BCUT2D eigenvalue weighted by atomic mass is 10.1. The first-order chi connectivity index (χ1) is 7.46. The summed E-state index contributed by atoms with van der Waals surface area (Å²) in [5, 5.41) is 0. The van der Waals surface area contributed by atoms with E-state index >= 15 is 0 Å². The number of rotatable bonds is 2. The molecule has 1 aliphatic heterocycles. The minimum atomic E-state index is -3.71. The van der Waals surface area contributed by atoms with Gasteiger partial charge in [0.15, 0.2) is 0 Å². The highest BCUT2D eigenvalue weighted by molar-refractivity contribution is 9.12. The molecule has 0 saturated carbocycles. The van der Waals surface area contributed by atoms with Crippen LogP contribution in [0.2, 0.25) is 0 Å². The summed E-state index contributed by atoms with van der Waals surface area (Å²) < 4.78 is 32.5. The zero-order valence-electron chi connectivity index (χ0n) is 9.00. The minimum Gasteiger partial charge on any atom is -0.308 e. The maximum Gasteiger partial charge on any atom is 0.371 e. The Kier molecular flexibility index (Phi) is 4.89. The third-order valence-corrected chi connectivity index (χ3v) is 9.16. The van der Waals surface area contributed by atoms with Gasteiger partial charge in [0.05, 0.1) is 4.48 Å². The topological polar surface area (TPSA) is 52.6 Å². The molecule has 0 aromatic rings. The summed E-state index contributed by atoms with van der Waals surface area (Å²) in [7, 11) is -4.68. The molecule has 10 heteroatoms. The summed E-state index contributed by atoms with van der Waals surface area (Å²) in [5.41, 5.74) is -0.952. The van der Waals surface area contributed by atoms with Crippen LogP contribution < -0.4 is 0 Å². The Hall–Kier alpha value is 1.39. The standard InChI is InChI=1S/C7H9BrCl3O4PS/c1-6(2)4(8)5(16(12,14-3)15-6)17(13)7(9,10)11/h1-3H3. The monoisotopic (exact) mass is 404 g/mol. The van der Waals surface area contributed by atoms with Crippen molar-refractivity contribution in [1.82, 2.24) is 0 Å². The van der Waals surface area contributed by atoms with Gasteiger partial charge >= 0.3 is 7.60 Å². The molecule has 0 saturated heterocycles. The van der Waals surface area contributed by atoms with E-state index in [-0.39, 0.29) is 4.65 Å². The van der Waals surface area contributed by atoms with Crippen LogP contribution in [0.25, 0.3) is 0 Å². The zero-order valence-corrected chi connectivity index (χ0v) is 14.6. The first kappa shape index (κ1) is 16.4. The normalized spacial score (nSPS) is 30.8. The van der Waals surface area contributed by atoms with E-state index in [4.69, 9.17) is 43.9 Å². The van der Waals surface area contributed by atoms with Crippen molar-refractivity contribution in [2.75, 3.05) is 7.11 Å². The van der Waals surface area contributed by atoms with Gasteiger partial charge in [-0.2, -0.15) is 0 Å². The minimum absolute atomic E-state index is 0.148. The second-order valence-corrected chi connectivity index (χ2v) is 11.2. The molecule has 1 rings (SSSR count). The molecule has 0 spiro atoms. The van der Waals surface area contributed by atoms with Gasteiger partial charge in [0.2, 0.25) is 0 Å². The lowest BCUT2D eigenvalue weighted by Crippen LogP contribution is -2.18. The van der Waals surface area contributed by atoms with Crippen LogP contribution >= 0.6 is 58.3 Å². The maximum absolute atomic E-state index is 12.3. The molecule has 0 amide bonds. The van der Waals surface area contributed by atoms with Gasteiger partial charge in [-0.1, -0.05) is 50.7 Å². The molecule has 2 unspecified atom stereocenters. The third-order valence-electron chi connectivity index (χ3n) is 1.94. The summed E-state index contributed by atoms with van der Waals surface area (Å²) in [6, 6.07) is 0. The fourth-order valence-electron chi connectivity index (χ4n) is 1.17. The van der Waals surface area contributed by atoms with Gasteiger partial charge in [0.1, 0.15) is 21.0 Å². The van der Waals surface area contributed by atoms with E-state index in [0.29, 0.717) is 4.48 Å². The van der Waals surface area contributed by atoms with E-state index in [9.17, 15) is 8.77 Å². The molecular weight excluding hydrogens is 397 g/mol. The molecule has 17 heavy (non-hydrogen) atoms. The van der Waals surface area contributed by atoms with Crippen LogP contribution in [-0.4, -0.2) is 20.0 Å². The predicted octanol–water partition coefficient (Wildman–Crippen LogP) is 4.28. The Balaban J connectivity index is 3.41. The van der Waals surface area contributed by atoms with Gasteiger partial charge in [0, 0.05) is 7.11 Å². The van der Waals surface area contributed by atoms with Gasteiger partial charge in [-0.05, 0) is 13.8 Å². The van der Waals surface area contributed by atoms with Gasteiger partial charge < -0.3 is 4.52 Å². The van der Waals surface area contributed by atoms with Crippen molar-refractivity contribution in [3.63, 3.8) is 0 Å². The van der Waals surface area contributed by atoms with Crippen LogP contribution in [0.3, 0.4) is 0 Å². The lowest BCUT2D eigenvalue weighted by molar-refractivity contribution is 0.142. The van der Waals surface area contributed by atoms with Crippen molar-refractivity contribution < 1.29 is 17.8 Å². The Morgan fingerprint density at radius 1 is 1.47 bits per heavy atom. The second kappa shape index (κ2) is 5.06. The summed E-state index contributed by atoms with van der Waals surface area (Å²) in [5.74, 6) is 0. The summed E-state index contributed by atoms with van der Waals surface area (Å²) in [4.78, 5) is 0. The molecule has 100 valence electrons. The molecule has 0 bridgehead atoms. The molecule has 1 aliphatic rings. The number of alkyl halides is 3. The molecular formula is C7H9BrCl3O4PS. The summed E-state index contributed by atoms with van der Waals surface area (Å²) in [6.45, 7) is 3.26. The van der Waals surface area contributed by atoms with Gasteiger partial charge in [-0.25, -0.2) is 4.21 Å². The molecule has 1 heterocycles. The van der Waals surface area contributed by atoms with Crippen molar-refractivity contribution in [1.29, 1.82) is 0 Å². The molecule has 0 aliphatic carbocycles.